The summed E-state index contributed by atoms with van der Waals surface area (Å²) in [6.07, 6.45) is 2.38. The zero-order chi connectivity index (χ0) is 17.6. The molecule has 0 atom stereocenters. The van der Waals surface area contributed by atoms with Crippen LogP contribution in [0.2, 0.25) is 0 Å². The molecule has 132 valence electrons. The lowest BCUT2D eigenvalue weighted by molar-refractivity contribution is 0.269. The fourth-order valence-corrected chi connectivity index (χ4v) is 3.23. The molecule has 1 heterocycles. The van der Waals surface area contributed by atoms with Gasteiger partial charge in [-0.25, -0.2) is 4.39 Å². The van der Waals surface area contributed by atoms with Crippen LogP contribution in [0.5, 0.6) is 11.5 Å². The van der Waals surface area contributed by atoms with Gasteiger partial charge in [-0.2, -0.15) is 0 Å². The Morgan fingerprint density at radius 3 is 2.60 bits per heavy atom. The molecule has 1 saturated heterocycles. The molecule has 3 rings (SSSR count). The van der Waals surface area contributed by atoms with Gasteiger partial charge < -0.3 is 14.4 Å². The summed E-state index contributed by atoms with van der Waals surface area (Å²) < 4.78 is 24.9. The third-order valence-corrected chi connectivity index (χ3v) is 4.66. The van der Waals surface area contributed by atoms with Gasteiger partial charge in [0.2, 0.25) is 0 Å². The third kappa shape index (κ3) is 4.48. The minimum atomic E-state index is -0.266. The quantitative estimate of drug-likeness (QED) is 0.704. The summed E-state index contributed by atoms with van der Waals surface area (Å²) >= 11 is 5.61. The van der Waals surface area contributed by atoms with E-state index in [1.54, 1.807) is 6.07 Å². The summed E-state index contributed by atoms with van der Waals surface area (Å²) in [5.74, 6) is 1.04. The summed E-state index contributed by atoms with van der Waals surface area (Å²) in [6.45, 7) is 4.78. The minimum absolute atomic E-state index is 0.266. The highest BCUT2D eigenvalue weighted by Gasteiger charge is 2.18. The lowest BCUT2D eigenvalue weighted by atomic mass is 10.2. The Labute approximate surface area is 153 Å². The summed E-state index contributed by atoms with van der Waals surface area (Å²) in [5, 5.41) is 0. The lowest BCUT2D eigenvalue weighted by Crippen LogP contribution is -2.26. The van der Waals surface area contributed by atoms with E-state index in [0.717, 1.165) is 29.2 Å². The van der Waals surface area contributed by atoms with E-state index in [9.17, 15) is 4.39 Å². The Balaban J connectivity index is 1.75. The average Bonchev–Trinajstić information content (AvgIpc) is 3.15. The van der Waals surface area contributed by atoms with Crippen LogP contribution in [0.3, 0.4) is 0 Å². The average molecular weight is 359 g/mol. The fourth-order valence-electron chi connectivity index (χ4n) is 2.92. The van der Waals surface area contributed by atoms with Gasteiger partial charge >= 0.3 is 0 Å². The van der Waals surface area contributed by atoms with Gasteiger partial charge in [0.25, 0.3) is 0 Å². The van der Waals surface area contributed by atoms with Crippen LogP contribution in [0.25, 0.3) is 0 Å². The second-order valence-corrected chi connectivity index (χ2v) is 6.40. The Bertz CT molecular complexity index is 744. The van der Waals surface area contributed by atoms with Crippen molar-refractivity contribution in [3.8, 4) is 11.5 Å². The number of benzene rings is 2. The number of nitrogens with zero attached hydrogens (tertiary/aromatic N) is 1. The van der Waals surface area contributed by atoms with E-state index in [2.05, 4.69) is 4.90 Å². The largest absolute Gasteiger partial charge is 0.490 e. The summed E-state index contributed by atoms with van der Waals surface area (Å²) in [5.41, 5.74) is 1.75. The number of rotatable bonds is 6. The molecule has 1 fully saturated rings. The molecular formula is C20H22FNO2S. The molecule has 2 aromatic rings. The molecule has 0 aliphatic carbocycles. The van der Waals surface area contributed by atoms with Gasteiger partial charge in [0, 0.05) is 18.7 Å². The van der Waals surface area contributed by atoms with Crippen molar-refractivity contribution in [2.75, 3.05) is 19.7 Å². The first-order valence-electron chi connectivity index (χ1n) is 8.60. The third-order valence-electron chi connectivity index (χ3n) is 4.17. The molecular weight excluding hydrogens is 337 g/mol. The first-order chi connectivity index (χ1) is 12.2. The van der Waals surface area contributed by atoms with E-state index in [0.29, 0.717) is 18.1 Å². The van der Waals surface area contributed by atoms with Crippen molar-refractivity contribution in [1.29, 1.82) is 0 Å². The highest BCUT2D eigenvalue weighted by atomic mass is 32.1. The molecule has 25 heavy (non-hydrogen) atoms. The predicted octanol–water partition coefficient (Wildman–Crippen LogP) is 4.57. The molecule has 0 spiro atoms. The highest BCUT2D eigenvalue weighted by Crippen LogP contribution is 2.30. The minimum Gasteiger partial charge on any atom is -0.490 e. The fraction of sp³-hybridized carbons (Fsp3) is 0.350. The number of thiocarbonyl (C=S) groups is 1. The van der Waals surface area contributed by atoms with Crippen LogP contribution in [0.15, 0.2) is 42.5 Å². The molecule has 0 amide bonds. The van der Waals surface area contributed by atoms with Crippen LogP contribution in [0.1, 0.15) is 30.9 Å². The van der Waals surface area contributed by atoms with Gasteiger partial charge in [-0.05, 0) is 55.7 Å². The maximum Gasteiger partial charge on any atom is 0.161 e. The lowest BCUT2D eigenvalue weighted by Gasteiger charge is -2.20. The number of hydrogen-bond acceptors (Lipinski definition) is 3. The van der Waals surface area contributed by atoms with E-state index >= 15 is 0 Å². The molecule has 2 aromatic carbocycles. The van der Waals surface area contributed by atoms with E-state index in [1.165, 1.54) is 25.0 Å². The van der Waals surface area contributed by atoms with Gasteiger partial charge in [0.1, 0.15) is 17.4 Å². The van der Waals surface area contributed by atoms with Crippen LogP contribution in [-0.4, -0.2) is 29.6 Å². The standard InChI is InChI=1S/C20H22FNO2S/c1-2-23-19-13-16(20(25)22-10-3-4-11-22)8-9-18(19)24-14-15-6-5-7-17(21)12-15/h5-9,12-13H,2-4,10-11,14H2,1H3. The van der Waals surface area contributed by atoms with Crippen molar-refractivity contribution >= 4 is 17.2 Å². The van der Waals surface area contributed by atoms with Gasteiger partial charge in [0.05, 0.1) is 6.61 Å². The van der Waals surface area contributed by atoms with Crippen molar-refractivity contribution in [1.82, 2.24) is 4.90 Å². The molecule has 5 heteroatoms. The molecule has 1 aliphatic heterocycles. The highest BCUT2D eigenvalue weighted by molar-refractivity contribution is 7.80. The normalized spacial score (nSPS) is 13.8. The van der Waals surface area contributed by atoms with E-state index in [4.69, 9.17) is 21.7 Å². The molecule has 0 radical (unpaired) electrons. The van der Waals surface area contributed by atoms with Crippen molar-refractivity contribution in [3.05, 3.63) is 59.4 Å². The van der Waals surface area contributed by atoms with Crippen LogP contribution in [0.4, 0.5) is 4.39 Å². The van der Waals surface area contributed by atoms with Crippen LogP contribution < -0.4 is 9.47 Å². The summed E-state index contributed by atoms with van der Waals surface area (Å²) in [7, 11) is 0. The number of likely N-dealkylation sites (tertiary alicyclic amines) is 1. The van der Waals surface area contributed by atoms with Crippen LogP contribution in [-0.2, 0) is 6.61 Å². The van der Waals surface area contributed by atoms with Crippen molar-refractivity contribution in [2.45, 2.75) is 26.4 Å². The molecule has 0 N–H and O–H groups in total. The Kier molecular flexibility index (Phi) is 5.87. The zero-order valence-corrected chi connectivity index (χ0v) is 15.2. The first kappa shape index (κ1) is 17.7. The Morgan fingerprint density at radius 1 is 1.08 bits per heavy atom. The molecule has 1 aliphatic rings. The van der Waals surface area contributed by atoms with E-state index in [1.807, 2.05) is 31.2 Å². The molecule has 0 aromatic heterocycles. The molecule has 3 nitrogen and oxygen atoms in total. The molecule has 0 unspecified atom stereocenters. The maximum atomic E-state index is 13.3. The number of ether oxygens (including phenoxy) is 2. The number of halogens is 1. The summed E-state index contributed by atoms with van der Waals surface area (Å²) in [6, 6.07) is 12.2. The predicted molar refractivity (Wildman–Crippen MR) is 101 cm³/mol. The van der Waals surface area contributed by atoms with E-state index < -0.39 is 0 Å². The van der Waals surface area contributed by atoms with Crippen LogP contribution in [0, 0.1) is 5.82 Å². The maximum absolute atomic E-state index is 13.3. The second-order valence-electron chi connectivity index (χ2n) is 6.01. The van der Waals surface area contributed by atoms with Gasteiger partial charge in [-0.15, -0.1) is 0 Å². The van der Waals surface area contributed by atoms with Crippen molar-refractivity contribution < 1.29 is 13.9 Å². The summed E-state index contributed by atoms with van der Waals surface area (Å²) in [4.78, 5) is 3.09. The van der Waals surface area contributed by atoms with Crippen LogP contribution >= 0.6 is 12.2 Å². The van der Waals surface area contributed by atoms with Crippen molar-refractivity contribution in [2.24, 2.45) is 0 Å². The van der Waals surface area contributed by atoms with Gasteiger partial charge in [-0.3, -0.25) is 0 Å². The Hall–Kier alpha value is -2.14. The topological polar surface area (TPSA) is 21.7 Å². The number of hydrogen-bond donors (Lipinski definition) is 0. The van der Waals surface area contributed by atoms with E-state index in [-0.39, 0.29) is 12.4 Å². The van der Waals surface area contributed by atoms with Gasteiger partial charge in [0.15, 0.2) is 11.5 Å². The zero-order valence-electron chi connectivity index (χ0n) is 14.3. The smallest absolute Gasteiger partial charge is 0.161 e. The Morgan fingerprint density at radius 2 is 1.88 bits per heavy atom. The first-order valence-corrected chi connectivity index (χ1v) is 9.01. The van der Waals surface area contributed by atoms with Gasteiger partial charge in [-0.1, -0.05) is 24.4 Å². The SMILES string of the molecule is CCOc1cc(C(=S)N2CCCC2)ccc1OCc1cccc(F)c1. The second kappa shape index (κ2) is 8.30. The molecule has 0 bridgehead atoms. The van der Waals surface area contributed by atoms with Crippen molar-refractivity contribution in [3.63, 3.8) is 0 Å². The molecule has 0 saturated carbocycles. The monoisotopic (exact) mass is 359 g/mol.